The number of nitrogens with one attached hydrogen (secondary N) is 2. The van der Waals surface area contributed by atoms with Gasteiger partial charge in [-0.25, -0.2) is 9.67 Å². The minimum Gasteiger partial charge on any atom is -0.351 e. The predicted molar refractivity (Wildman–Crippen MR) is 103 cm³/mol. The summed E-state index contributed by atoms with van der Waals surface area (Å²) in [6, 6.07) is 9.92. The molecule has 1 atom stereocenters. The van der Waals surface area contributed by atoms with E-state index in [1.165, 1.54) is 17.8 Å². The summed E-state index contributed by atoms with van der Waals surface area (Å²) in [6.45, 7) is 2.84. The molecule has 1 aliphatic heterocycles. The number of amides is 1. The van der Waals surface area contributed by atoms with E-state index in [0.717, 1.165) is 35.8 Å². The van der Waals surface area contributed by atoms with Crippen LogP contribution < -0.4 is 10.6 Å². The average Bonchev–Trinajstić information content (AvgIpc) is 3.42. The van der Waals surface area contributed by atoms with E-state index in [1.807, 2.05) is 46.6 Å². The molecule has 1 aliphatic rings. The molecule has 1 fully saturated rings. The molecule has 1 saturated heterocycles. The van der Waals surface area contributed by atoms with Crippen LogP contribution in [0.15, 0.2) is 48.1 Å². The molecule has 0 bridgehead atoms. The fourth-order valence-electron chi connectivity index (χ4n) is 3.11. The lowest BCUT2D eigenvalue weighted by molar-refractivity contribution is 0.0947. The van der Waals surface area contributed by atoms with Crippen molar-refractivity contribution in [3.8, 4) is 16.3 Å². The Labute approximate surface area is 156 Å². The van der Waals surface area contributed by atoms with Crippen molar-refractivity contribution in [1.29, 1.82) is 0 Å². The van der Waals surface area contributed by atoms with Gasteiger partial charge in [-0.2, -0.15) is 5.10 Å². The topological polar surface area (TPSA) is 71.8 Å². The lowest BCUT2D eigenvalue weighted by Crippen LogP contribution is -2.26. The second kappa shape index (κ2) is 7.80. The van der Waals surface area contributed by atoms with Crippen molar-refractivity contribution in [3.63, 3.8) is 0 Å². The molecule has 1 unspecified atom stereocenters. The van der Waals surface area contributed by atoms with E-state index in [-0.39, 0.29) is 5.91 Å². The highest BCUT2D eigenvalue weighted by molar-refractivity contribution is 7.13. The molecule has 0 saturated carbocycles. The molecule has 0 radical (unpaired) electrons. The van der Waals surface area contributed by atoms with Crippen molar-refractivity contribution in [1.82, 2.24) is 25.4 Å². The third-order valence-electron chi connectivity index (χ3n) is 4.59. The summed E-state index contributed by atoms with van der Waals surface area (Å²) in [6.07, 6.45) is 5.92. The zero-order chi connectivity index (χ0) is 17.8. The third kappa shape index (κ3) is 3.84. The molecule has 0 aliphatic carbocycles. The summed E-state index contributed by atoms with van der Waals surface area (Å²) in [7, 11) is 0. The molecule has 2 aromatic heterocycles. The molecule has 3 heterocycles. The van der Waals surface area contributed by atoms with Crippen LogP contribution in [0.1, 0.15) is 23.3 Å². The van der Waals surface area contributed by atoms with Crippen molar-refractivity contribution < 1.29 is 4.79 Å². The highest BCUT2D eigenvalue weighted by Gasteiger charge is 2.16. The van der Waals surface area contributed by atoms with Crippen LogP contribution in [0.2, 0.25) is 0 Å². The van der Waals surface area contributed by atoms with Crippen molar-refractivity contribution in [2.45, 2.75) is 12.8 Å². The lowest BCUT2D eigenvalue weighted by Gasteiger charge is -2.08. The number of nitrogens with zero attached hydrogens (tertiary/aromatic N) is 3. The Hall–Kier alpha value is -2.51. The molecular weight excluding hydrogens is 346 g/mol. The lowest BCUT2D eigenvalue weighted by atomic mass is 10.1. The molecule has 0 spiro atoms. The minimum absolute atomic E-state index is 0.103. The summed E-state index contributed by atoms with van der Waals surface area (Å²) < 4.78 is 1.81. The number of hydrogen-bond acceptors (Lipinski definition) is 5. The van der Waals surface area contributed by atoms with E-state index in [1.54, 1.807) is 6.20 Å². The van der Waals surface area contributed by atoms with Crippen LogP contribution in [-0.4, -0.2) is 40.3 Å². The largest absolute Gasteiger partial charge is 0.351 e. The zero-order valence-electron chi connectivity index (χ0n) is 14.4. The second-order valence-corrected chi connectivity index (χ2v) is 7.31. The van der Waals surface area contributed by atoms with Gasteiger partial charge in [0.2, 0.25) is 0 Å². The molecule has 3 aromatic rings. The van der Waals surface area contributed by atoms with E-state index in [2.05, 4.69) is 20.7 Å². The first kappa shape index (κ1) is 16.9. The number of rotatable bonds is 6. The number of aromatic nitrogens is 3. The Kier molecular flexibility index (Phi) is 5.08. The first-order valence-corrected chi connectivity index (χ1v) is 9.72. The molecule has 1 amide bonds. The first-order valence-electron chi connectivity index (χ1n) is 8.84. The highest BCUT2D eigenvalue weighted by Crippen LogP contribution is 2.24. The normalized spacial score (nSPS) is 16.7. The van der Waals surface area contributed by atoms with Gasteiger partial charge in [0.1, 0.15) is 10.7 Å². The number of carbonyl (C=O) groups is 1. The minimum atomic E-state index is -0.103. The molecule has 134 valence electrons. The maximum atomic E-state index is 12.3. The van der Waals surface area contributed by atoms with Gasteiger partial charge in [0.25, 0.3) is 5.91 Å². The van der Waals surface area contributed by atoms with Gasteiger partial charge in [-0.15, -0.1) is 11.3 Å². The van der Waals surface area contributed by atoms with E-state index >= 15 is 0 Å². The number of hydrogen-bond donors (Lipinski definition) is 2. The Bertz CT molecular complexity index is 867. The van der Waals surface area contributed by atoms with Gasteiger partial charge in [0, 0.05) is 23.7 Å². The highest BCUT2D eigenvalue weighted by atomic mass is 32.1. The van der Waals surface area contributed by atoms with Gasteiger partial charge in [-0.3, -0.25) is 4.79 Å². The van der Waals surface area contributed by atoms with E-state index in [9.17, 15) is 4.79 Å². The maximum Gasteiger partial charge on any atom is 0.270 e. The standard InChI is InChI=1S/C19H21N5OS/c25-18(21-9-7-14-6-8-20-10-14)17-13-26-19(23-17)15-11-22-24(12-15)16-4-2-1-3-5-16/h1-5,11-14,20H,6-10H2,(H,21,25). The summed E-state index contributed by atoms with van der Waals surface area (Å²) in [5.74, 6) is 0.569. The van der Waals surface area contributed by atoms with Crippen molar-refractivity contribution in [3.05, 3.63) is 53.8 Å². The quantitative estimate of drug-likeness (QED) is 0.703. The summed E-state index contributed by atoms with van der Waals surface area (Å²) >= 11 is 1.46. The fourth-order valence-corrected chi connectivity index (χ4v) is 3.88. The Morgan fingerprint density at radius 2 is 2.23 bits per heavy atom. The number of para-hydroxylation sites is 1. The average molecular weight is 367 g/mol. The van der Waals surface area contributed by atoms with Gasteiger partial charge in [0.15, 0.2) is 0 Å². The van der Waals surface area contributed by atoms with Gasteiger partial charge in [0.05, 0.1) is 11.9 Å². The number of thiazole rings is 1. The van der Waals surface area contributed by atoms with Crippen LogP contribution in [0.3, 0.4) is 0 Å². The maximum absolute atomic E-state index is 12.3. The van der Waals surface area contributed by atoms with Crippen molar-refractivity contribution in [2.24, 2.45) is 5.92 Å². The van der Waals surface area contributed by atoms with Gasteiger partial charge >= 0.3 is 0 Å². The van der Waals surface area contributed by atoms with E-state index in [0.29, 0.717) is 18.2 Å². The second-order valence-electron chi connectivity index (χ2n) is 6.45. The van der Waals surface area contributed by atoms with E-state index in [4.69, 9.17) is 0 Å². The molecule has 26 heavy (non-hydrogen) atoms. The summed E-state index contributed by atoms with van der Waals surface area (Å²) in [5.41, 5.74) is 2.38. The van der Waals surface area contributed by atoms with Crippen LogP contribution in [-0.2, 0) is 0 Å². The fraction of sp³-hybridized carbons (Fsp3) is 0.316. The monoisotopic (exact) mass is 367 g/mol. The smallest absolute Gasteiger partial charge is 0.270 e. The molecule has 2 N–H and O–H groups in total. The van der Waals surface area contributed by atoms with Crippen LogP contribution in [0.25, 0.3) is 16.3 Å². The Morgan fingerprint density at radius 1 is 1.35 bits per heavy atom. The summed E-state index contributed by atoms with van der Waals surface area (Å²) in [5, 5.41) is 13.3. The predicted octanol–water partition coefficient (Wildman–Crippen LogP) is 2.73. The van der Waals surface area contributed by atoms with Crippen LogP contribution >= 0.6 is 11.3 Å². The third-order valence-corrected chi connectivity index (χ3v) is 5.48. The Morgan fingerprint density at radius 3 is 3.04 bits per heavy atom. The van der Waals surface area contributed by atoms with Crippen molar-refractivity contribution >= 4 is 17.2 Å². The molecule has 6 nitrogen and oxygen atoms in total. The molecule has 4 rings (SSSR count). The number of benzene rings is 1. The molecule has 1 aromatic carbocycles. The van der Waals surface area contributed by atoms with Crippen molar-refractivity contribution in [2.75, 3.05) is 19.6 Å². The SMILES string of the molecule is O=C(NCCC1CCNC1)c1csc(-c2cnn(-c3ccccc3)c2)n1. The Balaban J connectivity index is 1.38. The number of carbonyl (C=O) groups excluding carboxylic acids is 1. The molecular formula is C19H21N5OS. The first-order chi connectivity index (χ1) is 12.8. The van der Waals surface area contributed by atoms with Gasteiger partial charge in [-0.1, -0.05) is 18.2 Å². The summed E-state index contributed by atoms with van der Waals surface area (Å²) in [4.78, 5) is 16.8. The van der Waals surface area contributed by atoms with Gasteiger partial charge < -0.3 is 10.6 Å². The van der Waals surface area contributed by atoms with Crippen LogP contribution in [0.5, 0.6) is 0 Å². The van der Waals surface area contributed by atoms with Gasteiger partial charge in [-0.05, 0) is 44.0 Å². The van der Waals surface area contributed by atoms with Crippen LogP contribution in [0, 0.1) is 5.92 Å². The van der Waals surface area contributed by atoms with Crippen LogP contribution in [0.4, 0.5) is 0 Å². The molecule has 7 heteroatoms. The van der Waals surface area contributed by atoms with E-state index < -0.39 is 0 Å². The zero-order valence-corrected chi connectivity index (χ0v) is 15.2.